The molecule has 0 saturated carbocycles. The predicted octanol–water partition coefficient (Wildman–Crippen LogP) is -0.478. The Labute approximate surface area is 118 Å². The van der Waals surface area contributed by atoms with Gasteiger partial charge in [-0.15, -0.1) is 0 Å². The second-order valence-electron chi connectivity index (χ2n) is 4.00. The van der Waals surface area contributed by atoms with Gasteiger partial charge in [0.15, 0.2) is 0 Å². The van der Waals surface area contributed by atoms with Crippen LogP contribution in [0.15, 0.2) is 0 Å². The van der Waals surface area contributed by atoms with Crippen molar-refractivity contribution >= 4 is 10.1 Å². The zero-order valence-corrected chi connectivity index (χ0v) is 11.4. The maximum absolute atomic E-state index is 13.1. The molecule has 0 aliphatic rings. The van der Waals surface area contributed by atoms with Crippen LogP contribution in [0.2, 0.25) is 0 Å². The minimum atomic E-state index is -4.72. The Morgan fingerprint density at radius 1 is 0.944 bits per heavy atom. The van der Waals surface area contributed by atoms with E-state index in [0.29, 0.717) is 25.7 Å². The number of halogens is 3. The van der Waals surface area contributed by atoms with E-state index in [2.05, 4.69) is 0 Å². The first-order valence-corrected chi connectivity index (χ1v) is 7.22. The van der Waals surface area contributed by atoms with E-state index >= 15 is 0 Å². The third kappa shape index (κ3) is 12.7. The Morgan fingerprint density at radius 3 is 1.94 bits per heavy atom. The SMILES string of the molecule is O=S(=O)([O-])CC(F)C(F)CCCCCCCF.[Li+]. The van der Waals surface area contributed by atoms with Gasteiger partial charge in [0.2, 0.25) is 0 Å². The van der Waals surface area contributed by atoms with E-state index < -0.39 is 28.2 Å². The number of unbranched alkanes of at least 4 members (excludes halogenated alkanes) is 4. The van der Waals surface area contributed by atoms with E-state index in [0.717, 1.165) is 6.42 Å². The summed E-state index contributed by atoms with van der Waals surface area (Å²) in [5.41, 5.74) is 0. The van der Waals surface area contributed by atoms with Crippen LogP contribution in [0.25, 0.3) is 0 Å². The molecule has 0 aromatic rings. The molecular weight excluding hydrogens is 264 g/mol. The second-order valence-corrected chi connectivity index (χ2v) is 5.45. The number of rotatable bonds is 10. The fraction of sp³-hybridized carbons (Fsp3) is 1.00. The van der Waals surface area contributed by atoms with Gasteiger partial charge in [-0.25, -0.2) is 17.2 Å². The van der Waals surface area contributed by atoms with Gasteiger partial charge in [-0.2, -0.15) is 0 Å². The molecule has 0 bridgehead atoms. The molecule has 18 heavy (non-hydrogen) atoms. The third-order valence-corrected chi connectivity index (χ3v) is 3.10. The van der Waals surface area contributed by atoms with Crippen molar-refractivity contribution in [2.24, 2.45) is 0 Å². The van der Waals surface area contributed by atoms with Crippen molar-refractivity contribution in [1.82, 2.24) is 0 Å². The maximum Gasteiger partial charge on any atom is 1.00 e. The Kier molecular flexibility index (Phi) is 12.8. The summed E-state index contributed by atoms with van der Waals surface area (Å²) in [5, 5.41) is 0. The van der Waals surface area contributed by atoms with Gasteiger partial charge in [-0.05, 0) is 12.8 Å². The fourth-order valence-electron chi connectivity index (χ4n) is 1.44. The molecule has 8 heteroatoms. The van der Waals surface area contributed by atoms with Crippen molar-refractivity contribution in [2.75, 3.05) is 12.4 Å². The van der Waals surface area contributed by atoms with Gasteiger partial charge in [-0.1, -0.05) is 25.7 Å². The zero-order chi connectivity index (χ0) is 13.3. The van der Waals surface area contributed by atoms with Crippen molar-refractivity contribution in [2.45, 2.75) is 50.9 Å². The Hall–Kier alpha value is 0.297. The zero-order valence-electron chi connectivity index (χ0n) is 10.6. The van der Waals surface area contributed by atoms with Crippen LogP contribution in [0.1, 0.15) is 38.5 Å². The molecule has 0 aromatic carbocycles. The van der Waals surface area contributed by atoms with Crippen LogP contribution < -0.4 is 18.9 Å². The minimum absolute atomic E-state index is 0. The second kappa shape index (κ2) is 11.2. The average Bonchev–Trinajstić information content (AvgIpc) is 2.20. The normalized spacial score (nSPS) is 14.9. The molecule has 2 atom stereocenters. The molecule has 0 aliphatic heterocycles. The summed E-state index contributed by atoms with van der Waals surface area (Å²) < 4.78 is 68.3. The average molecular weight is 282 g/mol. The van der Waals surface area contributed by atoms with Crippen LogP contribution in [0.5, 0.6) is 0 Å². The molecule has 104 valence electrons. The van der Waals surface area contributed by atoms with Crippen LogP contribution in [0, 0.1) is 0 Å². The monoisotopic (exact) mass is 282 g/mol. The van der Waals surface area contributed by atoms with Gasteiger partial charge < -0.3 is 4.55 Å². The first-order chi connectivity index (χ1) is 7.87. The van der Waals surface area contributed by atoms with Crippen LogP contribution in [-0.2, 0) is 10.1 Å². The van der Waals surface area contributed by atoms with Crippen LogP contribution in [-0.4, -0.2) is 37.7 Å². The Balaban J connectivity index is 0. The smallest absolute Gasteiger partial charge is 0.748 e. The summed E-state index contributed by atoms with van der Waals surface area (Å²) in [6.45, 7) is -0.375. The first kappa shape index (κ1) is 20.6. The van der Waals surface area contributed by atoms with Crippen molar-refractivity contribution in [3.8, 4) is 0 Å². The summed E-state index contributed by atoms with van der Waals surface area (Å²) >= 11 is 0. The van der Waals surface area contributed by atoms with Gasteiger partial charge in [0, 0.05) is 0 Å². The molecule has 3 nitrogen and oxygen atoms in total. The summed E-state index contributed by atoms with van der Waals surface area (Å²) in [5.74, 6) is -1.31. The topological polar surface area (TPSA) is 57.2 Å². The van der Waals surface area contributed by atoms with Gasteiger partial charge in [0.05, 0.1) is 22.5 Å². The van der Waals surface area contributed by atoms with Crippen LogP contribution in [0.3, 0.4) is 0 Å². The van der Waals surface area contributed by atoms with Gasteiger partial charge in [0.1, 0.15) is 12.3 Å². The van der Waals surface area contributed by atoms with Crippen LogP contribution >= 0.6 is 0 Å². The molecule has 0 N–H and O–H groups in total. The Morgan fingerprint density at radius 2 is 1.44 bits per heavy atom. The molecule has 0 amide bonds. The molecular formula is C10H18F3LiO3S. The van der Waals surface area contributed by atoms with E-state index in [1.54, 1.807) is 0 Å². The fourth-order valence-corrected chi connectivity index (χ4v) is 2.04. The number of hydrogen-bond donors (Lipinski definition) is 0. The van der Waals surface area contributed by atoms with E-state index in [9.17, 15) is 26.1 Å². The molecule has 0 radical (unpaired) electrons. The maximum atomic E-state index is 13.1. The van der Waals surface area contributed by atoms with Crippen LogP contribution in [0.4, 0.5) is 13.2 Å². The number of hydrogen-bond acceptors (Lipinski definition) is 3. The van der Waals surface area contributed by atoms with Gasteiger partial charge in [0.25, 0.3) is 0 Å². The molecule has 0 saturated heterocycles. The molecule has 0 aliphatic carbocycles. The quantitative estimate of drug-likeness (QED) is 0.309. The molecule has 0 heterocycles. The van der Waals surface area contributed by atoms with Crippen molar-refractivity contribution in [3.05, 3.63) is 0 Å². The molecule has 0 rings (SSSR count). The van der Waals surface area contributed by atoms with Crippen molar-refractivity contribution in [1.29, 1.82) is 0 Å². The summed E-state index contributed by atoms with van der Waals surface area (Å²) in [7, 11) is -4.72. The molecule has 0 spiro atoms. The summed E-state index contributed by atoms with van der Waals surface area (Å²) in [6.07, 6.45) is -1.28. The summed E-state index contributed by atoms with van der Waals surface area (Å²) in [4.78, 5) is 0. The van der Waals surface area contributed by atoms with Gasteiger partial charge >= 0.3 is 18.9 Å². The minimum Gasteiger partial charge on any atom is -0.748 e. The van der Waals surface area contributed by atoms with Crippen molar-refractivity contribution < 1.29 is 45.0 Å². The predicted molar refractivity (Wildman–Crippen MR) is 58.0 cm³/mol. The first-order valence-electron chi connectivity index (χ1n) is 5.64. The van der Waals surface area contributed by atoms with E-state index in [1.165, 1.54) is 0 Å². The largest absolute Gasteiger partial charge is 1.00 e. The Bertz CT molecular complexity index is 288. The van der Waals surface area contributed by atoms with E-state index in [1.807, 2.05) is 0 Å². The number of alkyl halides is 3. The molecule has 2 unspecified atom stereocenters. The summed E-state index contributed by atoms with van der Waals surface area (Å²) in [6, 6.07) is 0. The third-order valence-electron chi connectivity index (χ3n) is 2.37. The van der Waals surface area contributed by atoms with E-state index in [4.69, 9.17) is 0 Å². The van der Waals surface area contributed by atoms with Crippen molar-refractivity contribution in [3.63, 3.8) is 0 Å². The molecule has 0 fully saturated rings. The molecule has 0 aromatic heterocycles. The van der Waals surface area contributed by atoms with E-state index in [-0.39, 0.29) is 32.0 Å². The van der Waals surface area contributed by atoms with Gasteiger partial charge in [-0.3, -0.25) is 4.39 Å². The standard InChI is InChI=1S/C10H19F3O3S.Li/c11-7-5-3-1-2-4-6-9(12)10(13)8-17(14,15)16;/h9-10H,1-8H2,(H,14,15,16);/q;+1/p-1.